The Labute approximate surface area is 123 Å². The van der Waals surface area contributed by atoms with Crippen molar-refractivity contribution in [1.29, 1.82) is 0 Å². The molecule has 6 heteroatoms. The third-order valence-corrected chi connectivity index (χ3v) is 5.52. The highest BCUT2D eigenvalue weighted by molar-refractivity contribution is 7.99. The molecule has 108 valence electrons. The molecule has 0 spiro atoms. The van der Waals surface area contributed by atoms with Crippen molar-refractivity contribution in [3.05, 3.63) is 10.6 Å². The fraction of sp³-hybridized carbons (Fsp3) is 0.769. The highest BCUT2D eigenvalue weighted by Gasteiger charge is 2.23. The molecule has 2 rings (SSSR count). The maximum atomic E-state index is 5.27. The molecular weight excluding hydrogens is 278 g/mol. The molecule has 1 aromatic heterocycles. The maximum absolute atomic E-state index is 5.27. The van der Waals surface area contributed by atoms with Gasteiger partial charge in [0, 0.05) is 42.6 Å². The molecular formula is C13H23N3OS2. The Balaban J connectivity index is 2.15. The molecule has 4 nitrogen and oxygen atoms in total. The van der Waals surface area contributed by atoms with Crippen molar-refractivity contribution in [3.8, 4) is 0 Å². The Hall–Kier alpha value is -0.300. The number of nitrogens with zero attached hydrogens (tertiary/aromatic N) is 2. The predicted octanol–water partition coefficient (Wildman–Crippen LogP) is 2.34. The molecule has 1 aliphatic heterocycles. The summed E-state index contributed by atoms with van der Waals surface area (Å²) in [7, 11) is 1.73. The summed E-state index contributed by atoms with van der Waals surface area (Å²) >= 11 is 3.85. The molecule has 1 aromatic rings. The lowest BCUT2D eigenvalue weighted by Crippen LogP contribution is -2.40. The van der Waals surface area contributed by atoms with Crippen LogP contribution in [0.25, 0.3) is 0 Å². The van der Waals surface area contributed by atoms with E-state index in [2.05, 4.69) is 24.1 Å². The van der Waals surface area contributed by atoms with E-state index in [0.29, 0.717) is 12.6 Å². The molecule has 1 fully saturated rings. The number of thioether (sulfide) groups is 1. The van der Waals surface area contributed by atoms with Crippen LogP contribution >= 0.6 is 23.1 Å². The van der Waals surface area contributed by atoms with Gasteiger partial charge in [-0.15, -0.1) is 11.3 Å². The number of aromatic nitrogens is 1. The Bertz CT molecular complexity index is 397. The molecule has 0 amide bonds. The zero-order valence-corrected chi connectivity index (χ0v) is 13.6. The number of ether oxygens (including phenoxy) is 1. The molecule has 1 unspecified atom stereocenters. The van der Waals surface area contributed by atoms with Crippen LogP contribution in [0.2, 0.25) is 0 Å². The van der Waals surface area contributed by atoms with Gasteiger partial charge in [0.15, 0.2) is 5.13 Å². The molecule has 0 saturated carbocycles. The van der Waals surface area contributed by atoms with Crippen LogP contribution in [0.5, 0.6) is 0 Å². The number of hydrogen-bond acceptors (Lipinski definition) is 6. The summed E-state index contributed by atoms with van der Waals surface area (Å²) in [5, 5.41) is 4.54. The maximum Gasteiger partial charge on any atom is 0.186 e. The first-order chi connectivity index (χ1) is 9.26. The second kappa shape index (κ2) is 7.47. The van der Waals surface area contributed by atoms with E-state index in [1.807, 2.05) is 23.1 Å². The van der Waals surface area contributed by atoms with Gasteiger partial charge in [-0.1, -0.05) is 6.92 Å². The van der Waals surface area contributed by atoms with Crippen LogP contribution in [-0.2, 0) is 17.9 Å². The molecule has 1 N–H and O–H groups in total. The summed E-state index contributed by atoms with van der Waals surface area (Å²) in [5.74, 6) is 2.40. The summed E-state index contributed by atoms with van der Waals surface area (Å²) in [6, 6.07) is 0.576. The molecule has 1 atom stereocenters. The first kappa shape index (κ1) is 15.1. The van der Waals surface area contributed by atoms with E-state index < -0.39 is 0 Å². The Morgan fingerprint density at radius 2 is 2.37 bits per heavy atom. The van der Waals surface area contributed by atoms with Crippen LogP contribution in [0.15, 0.2) is 0 Å². The Morgan fingerprint density at radius 3 is 3.05 bits per heavy atom. The topological polar surface area (TPSA) is 37.4 Å². The predicted molar refractivity (Wildman–Crippen MR) is 84.3 cm³/mol. The number of hydrogen-bond donors (Lipinski definition) is 1. The van der Waals surface area contributed by atoms with Crippen molar-refractivity contribution in [1.82, 2.24) is 10.3 Å². The van der Waals surface area contributed by atoms with E-state index >= 15 is 0 Å². The lowest BCUT2D eigenvalue weighted by atomic mass is 10.3. The van der Waals surface area contributed by atoms with Gasteiger partial charge in [0.1, 0.15) is 0 Å². The third kappa shape index (κ3) is 3.84. The SMILES string of the molecule is CCNCc1sc(N2CCSCC2C)nc1COC. The minimum Gasteiger partial charge on any atom is -0.378 e. The quantitative estimate of drug-likeness (QED) is 0.873. The van der Waals surface area contributed by atoms with E-state index in [-0.39, 0.29) is 0 Å². The van der Waals surface area contributed by atoms with Crippen LogP contribution in [0.1, 0.15) is 24.4 Å². The van der Waals surface area contributed by atoms with E-state index in [1.54, 1.807) is 7.11 Å². The molecule has 0 radical (unpaired) electrons. The van der Waals surface area contributed by atoms with E-state index in [0.717, 1.165) is 30.5 Å². The third-order valence-electron chi connectivity index (χ3n) is 3.20. The number of thiazole rings is 1. The van der Waals surface area contributed by atoms with Crippen molar-refractivity contribution in [2.24, 2.45) is 0 Å². The monoisotopic (exact) mass is 301 g/mol. The van der Waals surface area contributed by atoms with Crippen LogP contribution in [-0.4, -0.2) is 42.7 Å². The van der Waals surface area contributed by atoms with Crippen LogP contribution in [0.3, 0.4) is 0 Å². The zero-order chi connectivity index (χ0) is 13.7. The van der Waals surface area contributed by atoms with Gasteiger partial charge in [0.2, 0.25) is 0 Å². The van der Waals surface area contributed by atoms with Crippen LogP contribution in [0, 0.1) is 0 Å². The number of anilines is 1. The van der Waals surface area contributed by atoms with Gasteiger partial charge in [-0.25, -0.2) is 4.98 Å². The van der Waals surface area contributed by atoms with Crippen LogP contribution in [0.4, 0.5) is 5.13 Å². The van der Waals surface area contributed by atoms with E-state index in [1.165, 1.54) is 16.4 Å². The molecule has 0 aliphatic carbocycles. The number of methoxy groups -OCH3 is 1. The summed E-state index contributed by atoms with van der Waals surface area (Å²) in [5.41, 5.74) is 1.09. The van der Waals surface area contributed by atoms with Crippen molar-refractivity contribution >= 4 is 28.2 Å². The summed E-state index contributed by atoms with van der Waals surface area (Å²) in [6.45, 7) is 8.00. The highest BCUT2D eigenvalue weighted by atomic mass is 32.2. The van der Waals surface area contributed by atoms with E-state index in [9.17, 15) is 0 Å². The van der Waals surface area contributed by atoms with Crippen molar-refractivity contribution in [2.45, 2.75) is 33.0 Å². The summed E-state index contributed by atoms with van der Waals surface area (Å²) < 4.78 is 5.27. The van der Waals surface area contributed by atoms with Crippen molar-refractivity contribution < 1.29 is 4.74 Å². The molecule has 2 heterocycles. The van der Waals surface area contributed by atoms with Gasteiger partial charge < -0.3 is 15.0 Å². The average Bonchev–Trinajstić information content (AvgIpc) is 2.80. The minimum atomic E-state index is 0.576. The molecule has 1 aliphatic rings. The fourth-order valence-electron chi connectivity index (χ4n) is 2.13. The Kier molecular flexibility index (Phi) is 5.94. The zero-order valence-electron chi connectivity index (χ0n) is 11.9. The Morgan fingerprint density at radius 1 is 1.53 bits per heavy atom. The number of rotatable bonds is 6. The van der Waals surface area contributed by atoms with Gasteiger partial charge >= 0.3 is 0 Å². The second-order valence-corrected chi connectivity index (χ2v) is 6.91. The first-order valence-electron chi connectivity index (χ1n) is 6.78. The second-order valence-electron chi connectivity index (χ2n) is 4.70. The first-order valence-corrected chi connectivity index (χ1v) is 8.76. The fourth-order valence-corrected chi connectivity index (χ4v) is 4.30. The molecule has 19 heavy (non-hydrogen) atoms. The van der Waals surface area contributed by atoms with Gasteiger partial charge in [0.25, 0.3) is 0 Å². The van der Waals surface area contributed by atoms with E-state index in [4.69, 9.17) is 9.72 Å². The minimum absolute atomic E-state index is 0.576. The van der Waals surface area contributed by atoms with Crippen molar-refractivity contribution in [3.63, 3.8) is 0 Å². The van der Waals surface area contributed by atoms with Gasteiger partial charge in [-0.2, -0.15) is 11.8 Å². The summed E-state index contributed by atoms with van der Waals surface area (Å²) in [4.78, 5) is 8.55. The molecule has 0 aromatic carbocycles. The smallest absolute Gasteiger partial charge is 0.186 e. The normalized spacial score (nSPS) is 19.9. The average molecular weight is 301 g/mol. The van der Waals surface area contributed by atoms with Crippen molar-refractivity contribution in [2.75, 3.05) is 36.6 Å². The van der Waals surface area contributed by atoms with Gasteiger partial charge in [-0.3, -0.25) is 0 Å². The molecule has 1 saturated heterocycles. The van der Waals surface area contributed by atoms with Crippen LogP contribution < -0.4 is 10.2 Å². The largest absolute Gasteiger partial charge is 0.378 e. The lowest BCUT2D eigenvalue weighted by molar-refractivity contribution is 0.181. The van der Waals surface area contributed by atoms with Gasteiger partial charge in [-0.05, 0) is 13.5 Å². The lowest BCUT2D eigenvalue weighted by Gasteiger charge is -2.32. The number of nitrogens with one attached hydrogen (secondary N) is 1. The molecule has 0 bridgehead atoms. The van der Waals surface area contributed by atoms with Gasteiger partial charge in [0.05, 0.1) is 12.3 Å². The highest BCUT2D eigenvalue weighted by Crippen LogP contribution is 2.31. The summed E-state index contributed by atoms with van der Waals surface area (Å²) in [6.07, 6.45) is 0. The standard InChI is InChI=1S/C13H23N3OS2/c1-4-14-7-12-11(8-17-3)15-13(19-12)16-5-6-18-9-10(16)2/h10,14H,4-9H2,1-3H3.